The van der Waals surface area contributed by atoms with E-state index in [-0.39, 0.29) is 11.7 Å². The summed E-state index contributed by atoms with van der Waals surface area (Å²) in [6.45, 7) is 3.28. The molecular formula is C24H24N2O2S. The molecule has 3 aromatic rings. The molecule has 4 rings (SSSR count). The zero-order valence-corrected chi connectivity index (χ0v) is 17.1. The van der Waals surface area contributed by atoms with E-state index in [1.165, 1.54) is 16.9 Å². The lowest BCUT2D eigenvalue weighted by molar-refractivity contribution is -0.132. The molecular weight excluding hydrogens is 380 g/mol. The zero-order valence-electron chi connectivity index (χ0n) is 16.3. The van der Waals surface area contributed by atoms with E-state index in [4.69, 9.17) is 0 Å². The maximum Gasteiger partial charge on any atom is 0.227 e. The first kappa shape index (κ1) is 19.6. The fourth-order valence-corrected chi connectivity index (χ4v) is 4.26. The van der Waals surface area contributed by atoms with Crippen molar-refractivity contribution in [3.8, 4) is 11.1 Å². The van der Waals surface area contributed by atoms with Crippen LogP contribution in [0.25, 0.3) is 11.1 Å². The summed E-state index contributed by atoms with van der Waals surface area (Å²) in [5.74, 6) is 0.319. The van der Waals surface area contributed by atoms with E-state index in [1.54, 1.807) is 0 Å². The van der Waals surface area contributed by atoms with Gasteiger partial charge < -0.3 is 4.90 Å². The average Bonchev–Trinajstić information content (AvgIpc) is 3.31. The molecule has 1 saturated heterocycles. The van der Waals surface area contributed by atoms with Crippen molar-refractivity contribution >= 4 is 23.0 Å². The molecule has 0 unspecified atom stereocenters. The zero-order chi connectivity index (χ0) is 20.1. The van der Waals surface area contributed by atoms with Crippen molar-refractivity contribution in [3.05, 3.63) is 82.6 Å². The lowest BCUT2D eigenvalue weighted by Gasteiger charge is -2.34. The van der Waals surface area contributed by atoms with Gasteiger partial charge >= 0.3 is 0 Å². The average molecular weight is 405 g/mol. The summed E-state index contributed by atoms with van der Waals surface area (Å²) < 4.78 is 0. The van der Waals surface area contributed by atoms with Gasteiger partial charge in [0.15, 0.2) is 5.78 Å². The molecule has 0 atom stereocenters. The second-order valence-electron chi connectivity index (χ2n) is 7.30. The monoisotopic (exact) mass is 404 g/mol. The predicted molar refractivity (Wildman–Crippen MR) is 117 cm³/mol. The first-order chi connectivity index (χ1) is 14.2. The minimum Gasteiger partial charge on any atom is -0.340 e. The van der Waals surface area contributed by atoms with Gasteiger partial charge in [-0.25, -0.2) is 0 Å². The second kappa shape index (κ2) is 9.16. The molecule has 0 bridgehead atoms. The molecule has 1 aliphatic heterocycles. The molecule has 0 aliphatic carbocycles. The Labute approximate surface area is 175 Å². The van der Waals surface area contributed by atoms with Gasteiger partial charge in [-0.2, -0.15) is 0 Å². The molecule has 1 aliphatic rings. The summed E-state index contributed by atoms with van der Waals surface area (Å²) in [6, 6.07) is 22.2. The first-order valence-corrected chi connectivity index (χ1v) is 10.8. The van der Waals surface area contributed by atoms with E-state index >= 15 is 0 Å². The second-order valence-corrected chi connectivity index (χ2v) is 8.24. The van der Waals surface area contributed by atoms with Gasteiger partial charge in [0.05, 0.1) is 17.8 Å². The molecule has 148 valence electrons. The van der Waals surface area contributed by atoms with Crippen molar-refractivity contribution in [1.82, 2.24) is 9.80 Å². The summed E-state index contributed by atoms with van der Waals surface area (Å²) in [5, 5.41) is 1.93. The van der Waals surface area contributed by atoms with Gasteiger partial charge in [-0.3, -0.25) is 14.5 Å². The Bertz CT molecular complexity index is 944. The fourth-order valence-electron chi connectivity index (χ4n) is 3.61. The Morgan fingerprint density at radius 2 is 1.48 bits per heavy atom. The van der Waals surface area contributed by atoms with Crippen LogP contribution < -0.4 is 0 Å². The van der Waals surface area contributed by atoms with Crippen LogP contribution in [0, 0.1) is 0 Å². The normalized spacial score (nSPS) is 14.7. The molecule has 0 spiro atoms. The van der Waals surface area contributed by atoms with Gasteiger partial charge in [-0.15, -0.1) is 11.3 Å². The number of ketones is 1. The highest BCUT2D eigenvalue weighted by atomic mass is 32.1. The third kappa shape index (κ3) is 5.00. The summed E-state index contributed by atoms with van der Waals surface area (Å²) in [7, 11) is 0. The Balaban J connectivity index is 1.27. The molecule has 5 heteroatoms. The third-order valence-electron chi connectivity index (χ3n) is 5.30. The maximum atomic E-state index is 12.7. The van der Waals surface area contributed by atoms with Crippen LogP contribution >= 0.6 is 11.3 Å². The number of Topliss-reactive ketones (excluding diaryl/α,β-unsaturated/α-hetero) is 1. The standard InChI is InChI=1S/C24H24N2O2S/c27-22(23-7-4-16-29-23)18-25-12-14-26(15-13-25)24(28)17-19-8-10-21(11-9-19)20-5-2-1-3-6-20/h1-11,16H,12-15,17-18H2. The van der Waals surface area contributed by atoms with Crippen LogP contribution in [0.15, 0.2) is 72.1 Å². The minimum atomic E-state index is 0.154. The quantitative estimate of drug-likeness (QED) is 0.584. The van der Waals surface area contributed by atoms with Crippen molar-refractivity contribution in [2.24, 2.45) is 0 Å². The lowest BCUT2D eigenvalue weighted by Crippen LogP contribution is -2.50. The van der Waals surface area contributed by atoms with E-state index in [9.17, 15) is 9.59 Å². The van der Waals surface area contributed by atoms with Gasteiger partial charge in [0, 0.05) is 26.2 Å². The minimum absolute atomic E-state index is 0.154. The number of hydrogen-bond donors (Lipinski definition) is 0. The number of thiophene rings is 1. The smallest absolute Gasteiger partial charge is 0.227 e. The van der Waals surface area contributed by atoms with Crippen LogP contribution in [0.5, 0.6) is 0 Å². The van der Waals surface area contributed by atoms with Crippen molar-refractivity contribution in [3.63, 3.8) is 0 Å². The van der Waals surface area contributed by atoms with Gasteiger partial charge in [0.2, 0.25) is 5.91 Å². The van der Waals surface area contributed by atoms with Crippen LogP contribution in [0.4, 0.5) is 0 Å². The van der Waals surface area contributed by atoms with Crippen molar-refractivity contribution in [1.29, 1.82) is 0 Å². The molecule has 4 nitrogen and oxygen atoms in total. The molecule has 0 N–H and O–H groups in total. The summed E-state index contributed by atoms with van der Waals surface area (Å²) >= 11 is 1.49. The van der Waals surface area contributed by atoms with Gasteiger partial charge in [0.25, 0.3) is 0 Å². The third-order valence-corrected chi connectivity index (χ3v) is 6.22. The van der Waals surface area contributed by atoms with E-state index in [0.717, 1.165) is 29.1 Å². The van der Waals surface area contributed by atoms with Crippen LogP contribution in [-0.2, 0) is 11.2 Å². The first-order valence-electron chi connectivity index (χ1n) is 9.90. The molecule has 1 fully saturated rings. The largest absolute Gasteiger partial charge is 0.340 e. The lowest BCUT2D eigenvalue weighted by atomic mass is 10.0. The number of piperazine rings is 1. The van der Waals surface area contributed by atoms with E-state index < -0.39 is 0 Å². The van der Waals surface area contributed by atoms with Crippen molar-refractivity contribution in [2.75, 3.05) is 32.7 Å². The van der Waals surface area contributed by atoms with Crippen LogP contribution in [-0.4, -0.2) is 54.2 Å². The highest BCUT2D eigenvalue weighted by Gasteiger charge is 2.23. The van der Waals surface area contributed by atoms with E-state index in [2.05, 4.69) is 29.2 Å². The Morgan fingerprint density at radius 3 is 2.14 bits per heavy atom. The van der Waals surface area contributed by atoms with Crippen LogP contribution in [0.3, 0.4) is 0 Å². The van der Waals surface area contributed by atoms with E-state index in [1.807, 2.05) is 52.7 Å². The Hall–Kier alpha value is -2.76. The number of carbonyl (C=O) groups excluding carboxylic acids is 2. The van der Waals surface area contributed by atoms with Crippen molar-refractivity contribution in [2.45, 2.75) is 6.42 Å². The van der Waals surface area contributed by atoms with E-state index in [0.29, 0.717) is 26.1 Å². The highest BCUT2D eigenvalue weighted by Crippen LogP contribution is 2.20. The van der Waals surface area contributed by atoms with Gasteiger partial charge in [-0.05, 0) is 28.1 Å². The molecule has 1 aromatic heterocycles. The molecule has 0 saturated carbocycles. The van der Waals surface area contributed by atoms with Gasteiger partial charge in [0.1, 0.15) is 0 Å². The number of amides is 1. The van der Waals surface area contributed by atoms with Crippen LogP contribution in [0.1, 0.15) is 15.2 Å². The highest BCUT2D eigenvalue weighted by molar-refractivity contribution is 7.12. The molecule has 1 amide bonds. The Kier molecular flexibility index (Phi) is 6.17. The molecule has 29 heavy (non-hydrogen) atoms. The molecule has 0 radical (unpaired) electrons. The predicted octanol–water partition coefficient (Wildman–Crippen LogP) is 3.98. The fraction of sp³-hybridized carbons (Fsp3) is 0.250. The molecule has 2 aromatic carbocycles. The number of benzene rings is 2. The number of carbonyl (C=O) groups is 2. The maximum absolute atomic E-state index is 12.7. The summed E-state index contributed by atoms with van der Waals surface area (Å²) in [6.07, 6.45) is 0.420. The van der Waals surface area contributed by atoms with Crippen LogP contribution in [0.2, 0.25) is 0 Å². The van der Waals surface area contributed by atoms with Crippen molar-refractivity contribution < 1.29 is 9.59 Å². The number of nitrogens with zero attached hydrogens (tertiary/aromatic N) is 2. The van der Waals surface area contributed by atoms with Gasteiger partial charge in [-0.1, -0.05) is 60.7 Å². The summed E-state index contributed by atoms with van der Waals surface area (Å²) in [4.78, 5) is 29.8. The summed E-state index contributed by atoms with van der Waals surface area (Å²) in [5.41, 5.74) is 3.37. The topological polar surface area (TPSA) is 40.6 Å². The molecule has 2 heterocycles. The Morgan fingerprint density at radius 1 is 0.793 bits per heavy atom. The SMILES string of the molecule is O=C(CN1CCN(C(=O)Cc2ccc(-c3ccccc3)cc2)CC1)c1cccs1. The number of rotatable bonds is 6. The number of hydrogen-bond acceptors (Lipinski definition) is 4.